The Hall–Kier alpha value is -7.23. The monoisotopic (exact) mass is 972 g/mol. The van der Waals surface area contributed by atoms with Crippen LogP contribution in [0.2, 0.25) is 0 Å². The molecule has 16 nitrogen and oxygen atoms in total. The number of hydrogen-bond acceptors (Lipinski definition) is 13. The first kappa shape index (κ1) is 45.2. The van der Waals surface area contributed by atoms with E-state index in [1.54, 1.807) is 18.6 Å². The normalized spacial score (nSPS) is 21.9. The zero-order valence-electron chi connectivity index (χ0n) is 38.8. The molecule has 2 aliphatic heterocycles. The molecule has 2 unspecified atom stereocenters. The number of piperidine rings is 1. The number of anilines is 2. The van der Waals surface area contributed by atoms with Crippen molar-refractivity contribution in [2.45, 2.75) is 91.5 Å². The van der Waals surface area contributed by atoms with E-state index in [1.807, 2.05) is 96.1 Å². The van der Waals surface area contributed by atoms with E-state index in [-0.39, 0.29) is 45.3 Å². The minimum atomic E-state index is -3.66. The van der Waals surface area contributed by atoms with Crippen LogP contribution in [0.15, 0.2) is 120 Å². The van der Waals surface area contributed by atoms with Gasteiger partial charge < -0.3 is 11.5 Å². The predicted octanol–water partition coefficient (Wildman–Crippen LogP) is 8.73. The second-order valence-corrected chi connectivity index (χ2v) is 23.3. The molecule has 356 valence electrons. The lowest BCUT2D eigenvalue weighted by atomic mass is 9.79. The topological polar surface area (TPSA) is 214 Å². The Morgan fingerprint density at radius 1 is 0.543 bits per heavy atom. The Morgan fingerprint density at radius 3 is 1.36 bits per heavy atom. The number of sulfone groups is 2. The van der Waals surface area contributed by atoms with Gasteiger partial charge in [0.15, 0.2) is 31.0 Å². The fourth-order valence-electron chi connectivity index (χ4n) is 11.7. The van der Waals surface area contributed by atoms with Crippen LogP contribution in [-0.2, 0) is 19.7 Å². The number of nitrogen functional groups attached to an aromatic ring is 2. The number of nitrogens with zero attached hydrogens (tertiary/aromatic N) is 10. The van der Waals surface area contributed by atoms with Crippen molar-refractivity contribution in [1.29, 1.82) is 0 Å². The molecule has 12 rings (SSSR count). The van der Waals surface area contributed by atoms with Crippen LogP contribution in [0.25, 0.3) is 61.0 Å². The minimum Gasteiger partial charge on any atom is -0.382 e. The van der Waals surface area contributed by atoms with E-state index in [9.17, 15) is 16.8 Å². The molecule has 4 bridgehead atoms. The summed E-state index contributed by atoms with van der Waals surface area (Å²) in [5, 5.41) is 10.7. The first-order valence-electron chi connectivity index (χ1n) is 23.7. The molecular formula is C52H52N12O4S2. The van der Waals surface area contributed by atoms with Gasteiger partial charge in [-0.05, 0) is 68.9 Å². The molecule has 4 N–H and O–H groups in total. The summed E-state index contributed by atoms with van der Waals surface area (Å²) in [7, 11) is -7.24. The smallest absolute Gasteiger partial charge is 0.180 e. The number of aromatic nitrogens is 8. The van der Waals surface area contributed by atoms with Gasteiger partial charge in [0.25, 0.3) is 0 Å². The van der Waals surface area contributed by atoms with Gasteiger partial charge in [0.05, 0.1) is 47.3 Å². The second-order valence-electron chi connectivity index (χ2n) is 19.4. The second kappa shape index (κ2) is 17.6. The van der Waals surface area contributed by atoms with Gasteiger partial charge in [0, 0.05) is 70.1 Å². The van der Waals surface area contributed by atoms with Gasteiger partial charge in [-0.2, -0.15) is 30.8 Å². The van der Waals surface area contributed by atoms with Gasteiger partial charge in [0.1, 0.15) is 21.4 Å². The Kier molecular flexibility index (Phi) is 11.4. The van der Waals surface area contributed by atoms with Crippen molar-refractivity contribution in [2.24, 2.45) is 11.8 Å². The van der Waals surface area contributed by atoms with Gasteiger partial charge in [-0.1, -0.05) is 85.6 Å². The first-order valence-corrected chi connectivity index (χ1v) is 27.5. The number of rotatable bonds is 8. The van der Waals surface area contributed by atoms with Gasteiger partial charge in [0.2, 0.25) is 0 Å². The first-order chi connectivity index (χ1) is 33.7. The Morgan fingerprint density at radius 2 is 0.971 bits per heavy atom. The molecule has 70 heavy (non-hydrogen) atoms. The fraction of sp³-hybridized carbons (Fsp3) is 0.327. The number of benzene rings is 2. The van der Waals surface area contributed by atoms with E-state index < -0.39 is 19.7 Å². The molecule has 0 spiro atoms. The third kappa shape index (κ3) is 8.19. The Labute approximate surface area is 406 Å². The van der Waals surface area contributed by atoms with Crippen molar-refractivity contribution >= 4 is 42.6 Å². The molecule has 0 amide bonds. The van der Waals surface area contributed by atoms with E-state index in [0.717, 1.165) is 76.7 Å². The predicted molar refractivity (Wildman–Crippen MR) is 268 cm³/mol. The molecule has 18 heteroatoms. The summed E-state index contributed by atoms with van der Waals surface area (Å²) < 4.78 is 54.3. The highest BCUT2D eigenvalue weighted by Crippen LogP contribution is 2.50. The maximum Gasteiger partial charge on any atom is 0.180 e. The summed E-state index contributed by atoms with van der Waals surface area (Å²) in [5.41, 5.74) is 22.1. The van der Waals surface area contributed by atoms with E-state index in [1.165, 1.54) is 34.5 Å². The highest BCUT2D eigenvalue weighted by molar-refractivity contribution is 7.91. The van der Waals surface area contributed by atoms with E-state index >= 15 is 0 Å². The maximum absolute atomic E-state index is 12.9. The van der Waals surface area contributed by atoms with Crippen molar-refractivity contribution in [1.82, 2.24) is 44.2 Å². The molecule has 4 aliphatic rings. The highest BCUT2D eigenvalue weighted by atomic mass is 32.2. The van der Waals surface area contributed by atoms with Gasteiger partial charge in [-0.15, -0.1) is 5.01 Å². The average molecular weight is 973 g/mol. The fourth-order valence-corrected chi connectivity index (χ4v) is 13.8. The Balaban J connectivity index is 0.000000153. The van der Waals surface area contributed by atoms with Crippen LogP contribution in [0.3, 0.4) is 0 Å². The van der Waals surface area contributed by atoms with Crippen molar-refractivity contribution in [3.63, 3.8) is 0 Å². The molecule has 6 aromatic heterocycles. The summed E-state index contributed by atoms with van der Waals surface area (Å²) in [4.78, 5) is 23.0. The van der Waals surface area contributed by atoms with Crippen LogP contribution in [0, 0.1) is 18.4 Å². The molecule has 4 fully saturated rings. The number of hydrogen-bond donors (Lipinski definition) is 2. The van der Waals surface area contributed by atoms with Crippen LogP contribution >= 0.6 is 0 Å². The van der Waals surface area contributed by atoms with Gasteiger partial charge in [-0.3, -0.25) is 9.97 Å². The molecule has 2 saturated heterocycles. The summed E-state index contributed by atoms with van der Waals surface area (Å²) in [6.45, 7) is 7.53. The maximum atomic E-state index is 12.9. The third-order valence-corrected chi connectivity index (χ3v) is 17.1. The molecule has 8 aromatic rings. The van der Waals surface area contributed by atoms with Crippen LogP contribution in [0.5, 0.6) is 0 Å². The largest absolute Gasteiger partial charge is 0.382 e. The summed E-state index contributed by atoms with van der Waals surface area (Å²) in [6, 6.07) is 28.0. The summed E-state index contributed by atoms with van der Waals surface area (Å²) in [6.07, 6.45) is 18.2. The van der Waals surface area contributed by atoms with Crippen LogP contribution in [0.4, 0.5) is 11.6 Å². The zero-order valence-corrected chi connectivity index (χ0v) is 40.4. The molecule has 2 saturated carbocycles. The SMILES string of the molecule is CS(=O)(=O)c1c(C2C[C@H]3CC[C@@H](C2)C3)nc2c(-c3ccc(-c4ccccc4)nc3)cnn2c1N.[C-]#[N+]N1[C@@H]2CC[C@H]1CC(c1nc3c(-c4ccc(-c5ccccc5)nc4)cnn3c(N)c1S(C)(=O)=O)C2. The Bertz CT molecular complexity index is 3540. The van der Waals surface area contributed by atoms with Crippen molar-refractivity contribution in [3.8, 4) is 44.8 Å². The molecule has 6 atom stereocenters. The third-order valence-electron chi connectivity index (χ3n) is 14.8. The lowest BCUT2D eigenvalue weighted by molar-refractivity contribution is 0.181. The quantitative estimate of drug-likeness (QED) is 0.137. The zero-order chi connectivity index (χ0) is 48.5. The number of fused-ring (bicyclic) bond motifs is 6. The molecule has 2 aliphatic carbocycles. The van der Waals surface area contributed by atoms with Gasteiger partial charge in [-0.25, -0.2) is 26.8 Å². The standard InChI is InChI=1S/C26H25N7O2S.C26H27N5O2S/c1-28-32-19-9-10-20(32)13-18(12-19)23-24(36(2,34)35)25(27)33-26(31-23)21(15-30-33)17-8-11-22(29-14-17)16-6-4-3-5-7-16;1-34(32,33)24-23(20-12-16-7-8-17(11-16)13-20)30-26-21(15-29-31(26)25(24)27)19-9-10-22(28-14-19)18-5-3-2-4-6-18/h3-8,11,14-15,18-20H,9-10,12-13,27H2,2H3;2-6,9-10,14-17,20H,7-8,11-13,27H2,1H3/t18?,19-,20+;16-,17+,20?. The lowest BCUT2D eigenvalue weighted by Crippen LogP contribution is -2.38. The van der Waals surface area contributed by atoms with Crippen molar-refractivity contribution in [2.75, 3.05) is 24.0 Å². The van der Waals surface area contributed by atoms with Crippen molar-refractivity contribution < 1.29 is 16.8 Å². The van der Waals surface area contributed by atoms with Crippen LogP contribution in [0.1, 0.15) is 81.0 Å². The summed E-state index contributed by atoms with van der Waals surface area (Å²) >= 11 is 0. The van der Waals surface area contributed by atoms with E-state index in [0.29, 0.717) is 47.4 Å². The highest BCUT2D eigenvalue weighted by Gasteiger charge is 2.47. The molecular weight excluding hydrogens is 921 g/mol. The van der Waals surface area contributed by atoms with E-state index in [2.05, 4.69) is 25.1 Å². The molecule has 2 aromatic carbocycles. The lowest BCUT2D eigenvalue weighted by Gasteiger charge is -2.31. The van der Waals surface area contributed by atoms with Crippen molar-refractivity contribution in [3.05, 3.63) is 133 Å². The van der Waals surface area contributed by atoms with Crippen LogP contribution in [-0.4, -0.2) is 85.6 Å². The molecule has 0 radical (unpaired) electrons. The minimum absolute atomic E-state index is 0.0443. The summed E-state index contributed by atoms with van der Waals surface area (Å²) in [5.74, 6) is 1.51. The number of pyridine rings is 2. The number of nitrogens with two attached hydrogens (primary N) is 2. The van der Waals surface area contributed by atoms with Gasteiger partial charge >= 0.3 is 0 Å². The van der Waals surface area contributed by atoms with Crippen LogP contribution < -0.4 is 11.5 Å². The van der Waals surface area contributed by atoms with E-state index in [4.69, 9.17) is 28.0 Å². The average Bonchev–Trinajstić information content (AvgIpc) is 4.14. The molecule has 8 heterocycles.